The van der Waals surface area contributed by atoms with Crippen molar-refractivity contribution in [3.63, 3.8) is 0 Å². The van der Waals surface area contributed by atoms with Gasteiger partial charge in [-0.25, -0.2) is 0 Å². The molecule has 0 saturated heterocycles. The molecule has 0 spiro atoms. The van der Waals surface area contributed by atoms with Crippen molar-refractivity contribution in [2.24, 2.45) is 5.92 Å². The van der Waals surface area contributed by atoms with Gasteiger partial charge in [0.1, 0.15) is 0 Å². The normalized spacial score (nSPS) is 12.9. The van der Waals surface area contributed by atoms with Crippen molar-refractivity contribution >= 4 is 11.3 Å². The number of rotatable bonds is 5. The number of benzene rings is 1. The van der Waals surface area contributed by atoms with Crippen LogP contribution in [0.25, 0.3) is 10.4 Å². The molecule has 0 aliphatic carbocycles. The highest BCUT2D eigenvalue weighted by molar-refractivity contribution is 7.13. The minimum absolute atomic E-state index is 0.232. The third-order valence-electron chi connectivity index (χ3n) is 2.91. The summed E-state index contributed by atoms with van der Waals surface area (Å²) in [6.45, 7) is -0.232. The zero-order valence-corrected chi connectivity index (χ0v) is 10.7. The monoisotopic (exact) mass is 264 g/mol. The van der Waals surface area contributed by atoms with Gasteiger partial charge in [0, 0.05) is 10.8 Å². The fourth-order valence-corrected chi connectivity index (χ4v) is 2.55. The molecule has 18 heavy (non-hydrogen) atoms. The van der Waals surface area contributed by atoms with Crippen LogP contribution in [0.2, 0.25) is 0 Å². The molecule has 0 amide bonds. The Morgan fingerprint density at radius 1 is 1.06 bits per heavy atom. The fraction of sp³-hybridized carbons (Fsp3) is 0.286. The number of aliphatic hydroxyl groups is 3. The van der Waals surface area contributed by atoms with Gasteiger partial charge in [0.2, 0.25) is 0 Å². The molecule has 1 aromatic carbocycles. The molecular weight excluding hydrogens is 248 g/mol. The molecule has 1 atom stereocenters. The van der Waals surface area contributed by atoms with Crippen LogP contribution in [0, 0.1) is 5.92 Å². The van der Waals surface area contributed by atoms with E-state index in [1.807, 2.05) is 35.7 Å². The van der Waals surface area contributed by atoms with Crippen LogP contribution in [0.15, 0.2) is 41.8 Å². The number of thiophene rings is 1. The molecule has 0 radical (unpaired) electrons. The van der Waals surface area contributed by atoms with E-state index in [1.54, 1.807) is 11.3 Å². The van der Waals surface area contributed by atoms with Gasteiger partial charge in [-0.2, -0.15) is 0 Å². The summed E-state index contributed by atoms with van der Waals surface area (Å²) in [5.74, 6) is -0.530. The van der Waals surface area contributed by atoms with Crippen LogP contribution >= 0.6 is 11.3 Å². The SMILES string of the molecule is OC[C@H](Cc1ccc(-c2cccs2)cc1)C(O)O. The Morgan fingerprint density at radius 3 is 2.28 bits per heavy atom. The molecule has 1 aromatic heterocycles. The summed E-state index contributed by atoms with van der Waals surface area (Å²) in [5.41, 5.74) is 2.14. The lowest BCUT2D eigenvalue weighted by molar-refractivity contribution is -0.0959. The average Bonchev–Trinajstić information content (AvgIpc) is 2.90. The van der Waals surface area contributed by atoms with Gasteiger partial charge >= 0.3 is 0 Å². The van der Waals surface area contributed by atoms with E-state index in [0.29, 0.717) is 6.42 Å². The number of aliphatic hydroxyl groups excluding tert-OH is 2. The first-order valence-corrected chi connectivity index (χ1v) is 6.68. The molecule has 4 heteroatoms. The Kier molecular flexibility index (Phi) is 4.49. The summed E-state index contributed by atoms with van der Waals surface area (Å²) in [5, 5.41) is 29.2. The maximum absolute atomic E-state index is 9.08. The number of hydrogen-bond acceptors (Lipinski definition) is 4. The van der Waals surface area contributed by atoms with E-state index in [4.69, 9.17) is 15.3 Å². The molecule has 2 rings (SSSR count). The lowest BCUT2D eigenvalue weighted by Crippen LogP contribution is -2.25. The molecule has 0 saturated carbocycles. The summed E-state index contributed by atoms with van der Waals surface area (Å²) in [7, 11) is 0. The second-order valence-electron chi connectivity index (χ2n) is 4.23. The van der Waals surface area contributed by atoms with Gasteiger partial charge < -0.3 is 15.3 Å². The van der Waals surface area contributed by atoms with Crippen molar-refractivity contribution in [1.82, 2.24) is 0 Å². The van der Waals surface area contributed by atoms with Crippen LogP contribution in [-0.4, -0.2) is 28.2 Å². The Morgan fingerprint density at radius 2 is 1.78 bits per heavy atom. The van der Waals surface area contributed by atoms with Crippen molar-refractivity contribution in [2.45, 2.75) is 12.7 Å². The van der Waals surface area contributed by atoms with Crippen LogP contribution in [0.5, 0.6) is 0 Å². The first kappa shape index (κ1) is 13.2. The smallest absolute Gasteiger partial charge is 0.156 e. The molecular formula is C14H16O3S. The predicted molar refractivity (Wildman–Crippen MR) is 72.3 cm³/mol. The highest BCUT2D eigenvalue weighted by Gasteiger charge is 2.16. The van der Waals surface area contributed by atoms with E-state index in [2.05, 4.69) is 6.07 Å². The maximum atomic E-state index is 9.08. The fourth-order valence-electron chi connectivity index (χ4n) is 1.81. The standard InChI is InChI=1S/C14H16O3S/c15-9-12(14(16)17)8-10-3-5-11(6-4-10)13-2-1-7-18-13/h1-7,12,14-17H,8-9H2/t12-/m0/s1. The van der Waals surface area contributed by atoms with Crippen LogP contribution in [0.3, 0.4) is 0 Å². The zero-order chi connectivity index (χ0) is 13.0. The first-order chi connectivity index (χ1) is 8.70. The maximum Gasteiger partial charge on any atom is 0.156 e. The van der Waals surface area contributed by atoms with Crippen molar-refractivity contribution < 1.29 is 15.3 Å². The van der Waals surface area contributed by atoms with Crippen molar-refractivity contribution in [1.29, 1.82) is 0 Å². The third-order valence-corrected chi connectivity index (χ3v) is 3.83. The lowest BCUT2D eigenvalue weighted by Gasteiger charge is -2.16. The van der Waals surface area contributed by atoms with E-state index >= 15 is 0 Å². The van der Waals surface area contributed by atoms with E-state index in [9.17, 15) is 0 Å². The van der Waals surface area contributed by atoms with E-state index < -0.39 is 12.2 Å². The quantitative estimate of drug-likeness (QED) is 0.723. The van der Waals surface area contributed by atoms with Gasteiger partial charge in [0.25, 0.3) is 0 Å². The van der Waals surface area contributed by atoms with Gasteiger partial charge in [0.15, 0.2) is 6.29 Å². The van der Waals surface area contributed by atoms with Crippen molar-refractivity contribution in [3.8, 4) is 10.4 Å². The van der Waals surface area contributed by atoms with Gasteiger partial charge in [0.05, 0.1) is 6.61 Å². The van der Waals surface area contributed by atoms with E-state index in [-0.39, 0.29) is 6.61 Å². The summed E-state index contributed by atoms with van der Waals surface area (Å²) in [6.07, 6.45) is -1.02. The van der Waals surface area contributed by atoms with Crippen LogP contribution in [0.4, 0.5) is 0 Å². The van der Waals surface area contributed by atoms with Gasteiger partial charge in [-0.15, -0.1) is 11.3 Å². The summed E-state index contributed by atoms with van der Waals surface area (Å²) >= 11 is 1.69. The Labute approximate surface area is 110 Å². The summed E-state index contributed by atoms with van der Waals surface area (Å²) in [4.78, 5) is 1.21. The molecule has 3 N–H and O–H groups in total. The molecule has 1 heterocycles. The molecule has 3 nitrogen and oxygen atoms in total. The van der Waals surface area contributed by atoms with Crippen LogP contribution < -0.4 is 0 Å². The number of hydrogen-bond donors (Lipinski definition) is 3. The Balaban J connectivity index is 2.08. The second-order valence-corrected chi connectivity index (χ2v) is 5.18. The van der Waals surface area contributed by atoms with Crippen LogP contribution in [0.1, 0.15) is 5.56 Å². The first-order valence-electron chi connectivity index (χ1n) is 5.80. The Hall–Kier alpha value is -1.20. The summed E-state index contributed by atoms with van der Waals surface area (Å²) < 4.78 is 0. The highest BCUT2D eigenvalue weighted by Crippen LogP contribution is 2.25. The molecule has 0 aliphatic rings. The topological polar surface area (TPSA) is 60.7 Å². The Bertz CT molecular complexity index is 462. The van der Waals surface area contributed by atoms with Crippen molar-refractivity contribution in [3.05, 3.63) is 47.3 Å². The minimum atomic E-state index is -1.48. The molecule has 0 fully saturated rings. The average molecular weight is 264 g/mol. The molecule has 0 unspecified atom stereocenters. The molecule has 96 valence electrons. The molecule has 0 aliphatic heterocycles. The zero-order valence-electron chi connectivity index (χ0n) is 9.86. The third kappa shape index (κ3) is 3.17. The van der Waals surface area contributed by atoms with E-state index in [0.717, 1.165) is 11.1 Å². The summed E-state index contributed by atoms with van der Waals surface area (Å²) in [6, 6.07) is 12.0. The van der Waals surface area contributed by atoms with Crippen molar-refractivity contribution in [2.75, 3.05) is 6.61 Å². The van der Waals surface area contributed by atoms with Gasteiger partial charge in [-0.1, -0.05) is 30.3 Å². The minimum Gasteiger partial charge on any atom is -0.396 e. The van der Waals surface area contributed by atoms with Crippen LogP contribution in [-0.2, 0) is 6.42 Å². The predicted octanol–water partition coefficient (Wildman–Crippen LogP) is 1.88. The van der Waals surface area contributed by atoms with Gasteiger partial charge in [-0.3, -0.25) is 0 Å². The lowest BCUT2D eigenvalue weighted by atomic mass is 9.98. The van der Waals surface area contributed by atoms with Gasteiger partial charge in [-0.05, 0) is 29.0 Å². The largest absolute Gasteiger partial charge is 0.396 e. The highest BCUT2D eigenvalue weighted by atomic mass is 32.1. The molecule has 2 aromatic rings. The van der Waals surface area contributed by atoms with E-state index in [1.165, 1.54) is 4.88 Å². The second kappa shape index (κ2) is 6.11. The molecule has 0 bridgehead atoms.